The highest BCUT2D eigenvalue weighted by Gasteiger charge is 2.17. The van der Waals surface area contributed by atoms with Gasteiger partial charge in [-0.25, -0.2) is 14.8 Å². The summed E-state index contributed by atoms with van der Waals surface area (Å²) in [5, 5.41) is 11.9. The van der Waals surface area contributed by atoms with Crippen LogP contribution in [0.5, 0.6) is 5.88 Å². The van der Waals surface area contributed by atoms with Gasteiger partial charge in [0.15, 0.2) is 0 Å². The van der Waals surface area contributed by atoms with Crippen LogP contribution in [-0.4, -0.2) is 47.9 Å². The molecule has 100 valence electrons. The van der Waals surface area contributed by atoms with Gasteiger partial charge in [-0.1, -0.05) is 0 Å². The molecule has 0 fully saturated rings. The molecular formula is C11H17N3O4. The van der Waals surface area contributed by atoms with Gasteiger partial charge in [0.2, 0.25) is 5.88 Å². The number of rotatable bonds is 8. The van der Waals surface area contributed by atoms with Crippen LogP contribution < -0.4 is 10.1 Å². The second-order valence-corrected chi connectivity index (χ2v) is 3.62. The number of methoxy groups -OCH3 is 2. The molecule has 0 radical (unpaired) electrons. The van der Waals surface area contributed by atoms with Crippen LogP contribution in [0.2, 0.25) is 0 Å². The minimum atomic E-state index is -0.927. The molecule has 7 nitrogen and oxygen atoms in total. The van der Waals surface area contributed by atoms with E-state index < -0.39 is 12.0 Å². The number of aliphatic carboxylic acids is 1. The second-order valence-electron chi connectivity index (χ2n) is 3.62. The number of anilines is 1. The summed E-state index contributed by atoms with van der Waals surface area (Å²) in [6, 6.07) is 0.839. The predicted molar refractivity (Wildman–Crippen MR) is 64.7 cm³/mol. The third kappa shape index (κ3) is 4.54. The molecule has 0 bridgehead atoms. The molecule has 1 aromatic rings. The normalized spacial score (nSPS) is 11.9. The maximum Gasteiger partial charge on any atom is 0.326 e. The Labute approximate surface area is 105 Å². The zero-order valence-electron chi connectivity index (χ0n) is 10.4. The van der Waals surface area contributed by atoms with Crippen LogP contribution >= 0.6 is 0 Å². The molecule has 1 heterocycles. The molecule has 1 rings (SSSR count). The first-order valence-electron chi connectivity index (χ1n) is 5.51. The summed E-state index contributed by atoms with van der Waals surface area (Å²) in [7, 11) is 3.07. The molecule has 0 aliphatic heterocycles. The first-order chi connectivity index (χ1) is 8.67. The minimum Gasteiger partial charge on any atom is -0.481 e. The number of nitrogens with one attached hydrogen (secondary N) is 1. The monoisotopic (exact) mass is 255 g/mol. The molecule has 0 saturated heterocycles. The van der Waals surface area contributed by atoms with Gasteiger partial charge in [0.1, 0.15) is 18.2 Å². The number of nitrogens with zero attached hydrogens (tertiary/aromatic N) is 2. The summed E-state index contributed by atoms with van der Waals surface area (Å²) >= 11 is 0. The number of carboxylic acid groups (broad SMARTS) is 1. The van der Waals surface area contributed by atoms with Gasteiger partial charge in [-0.15, -0.1) is 0 Å². The van der Waals surface area contributed by atoms with E-state index in [2.05, 4.69) is 15.3 Å². The topological polar surface area (TPSA) is 93.6 Å². The third-order valence-electron chi connectivity index (χ3n) is 2.31. The molecule has 1 atom stereocenters. The minimum absolute atomic E-state index is 0.383. The van der Waals surface area contributed by atoms with Gasteiger partial charge in [-0.05, 0) is 12.8 Å². The highest BCUT2D eigenvalue weighted by Crippen LogP contribution is 2.13. The van der Waals surface area contributed by atoms with E-state index in [1.165, 1.54) is 13.4 Å². The SMILES string of the molecule is COCCCC(Nc1cc(OC)ncn1)C(=O)O. The van der Waals surface area contributed by atoms with E-state index in [0.29, 0.717) is 31.1 Å². The third-order valence-corrected chi connectivity index (χ3v) is 2.31. The number of aromatic nitrogens is 2. The second kappa shape index (κ2) is 7.44. The zero-order valence-corrected chi connectivity index (χ0v) is 10.4. The highest BCUT2D eigenvalue weighted by atomic mass is 16.5. The van der Waals surface area contributed by atoms with Gasteiger partial charge in [-0.3, -0.25) is 0 Å². The Hall–Kier alpha value is -1.89. The molecule has 0 aromatic carbocycles. The maximum absolute atomic E-state index is 11.1. The smallest absolute Gasteiger partial charge is 0.326 e. The summed E-state index contributed by atoms with van der Waals surface area (Å²) in [6.45, 7) is 0.526. The summed E-state index contributed by atoms with van der Waals surface area (Å²) in [6.07, 6.45) is 2.42. The van der Waals surface area contributed by atoms with E-state index in [4.69, 9.17) is 14.6 Å². The van der Waals surface area contributed by atoms with E-state index in [1.807, 2.05) is 0 Å². The van der Waals surface area contributed by atoms with Gasteiger partial charge in [0.05, 0.1) is 7.11 Å². The summed E-state index contributed by atoms with van der Waals surface area (Å²) in [5.41, 5.74) is 0. The van der Waals surface area contributed by atoms with Gasteiger partial charge < -0.3 is 19.9 Å². The van der Waals surface area contributed by atoms with Crippen LogP contribution in [-0.2, 0) is 9.53 Å². The number of carboxylic acids is 1. The van der Waals surface area contributed by atoms with Crippen molar-refractivity contribution in [2.24, 2.45) is 0 Å². The first kappa shape index (κ1) is 14.2. The first-order valence-corrected chi connectivity index (χ1v) is 5.51. The molecule has 1 aromatic heterocycles. The number of hydrogen-bond acceptors (Lipinski definition) is 6. The number of carbonyl (C=O) groups is 1. The lowest BCUT2D eigenvalue weighted by atomic mass is 10.1. The molecule has 0 saturated carbocycles. The lowest BCUT2D eigenvalue weighted by molar-refractivity contribution is -0.138. The van der Waals surface area contributed by atoms with Crippen molar-refractivity contribution in [3.8, 4) is 5.88 Å². The molecule has 0 amide bonds. The Bertz CT molecular complexity index is 386. The van der Waals surface area contributed by atoms with Crippen molar-refractivity contribution in [3.05, 3.63) is 12.4 Å². The molecule has 2 N–H and O–H groups in total. The van der Waals surface area contributed by atoms with E-state index in [9.17, 15) is 4.79 Å². The number of ether oxygens (including phenoxy) is 2. The molecular weight excluding hydrogens is 238 g/mol. The van der Waals surface area contributed by atoms with Gasteiger partial charge in [0.25, 0.3) is 0 Å². The fourth-order valence-electron chi connectivity index (χ4n) is 1.40. The molecule has 7 heteroatoms. The van der Waals surface area contributed by atoms with Crippen molar-refractivity contribution in [2.45, 2.75) is 18.9 Å². The number of hydrogen-bond donors (Lipinski definition) is 2. The Morgan fingerprint density at radius 3 is 2.89 bits per heavy atom. The summed E-state index contributed by atoms with van der Waals surface area (Å²) < 4.78 is 9.83. The molecule has 18 heavy (non-hydrogen) atoms. The Morgan fingerprint density at radius 1 is 1.50 bits per heavy atom. The highest BCUT2D eigenvalue weighted by molar-refractivity contribution is 5.76. The van der Waals surface area contributed by atoms with Crippen LogP contribution in [0.1, 0.15) is 12.8 Å². The van der Waals surface area contributed by atoms with Crippen LogP contribution in [0.25, 0.3) is 0 Å². The van der Waals surface area contributed by atoms with Gasteiger partial charge in [-0.2, -0.15) is 0 Å². The predicted octanol–water partition coefficient (Wildman–Crippen LogP) is 0.777. The van der Waals surface area contributed by atoms with E-state index in [0.717, 1.165) is 0 Å². The fraction of sp³-hybridized carbons (Fsp3) is 0.545. The zero-order chi connectivity index (χ0) is 13.4. The Morgan fingerprint density at radius 2 is 2.28 bits per heavy atom. The summed E-state index contributed by atoms with van der Waals surface area (Å²) in [5.74, 6) is -0.121. The van der Waals surface area contributed by atoms with Crippen LogP contribution in [0, 0.1) is 0 Å². The van der Waals surface area contributed by atoms with Crippen molar-refractivity contribution >= 4 is 11.8 Å². The molecule has 0 aliphatic rings. The lowest BCUT2D eigenvalue weighted by Gasteiger charge is -2.14. The lowest BCUT2D eigenvalue weighted by Crippen LogP contribution is -2.30. The summed E-state index contributed by atoms with van der Waals surface area (Å²) in [4.78, 5) is 18.9. The molecule has 0 spiro atoms. The maximum atomic E-state index is 11.1. The molecule has 0 aliphatic carbocycles. The van der Waals surface area contributed by atoms with Crippen molar-refractivity contribution in [2.75, 3.05) is 26.1 Å². The van der Waals surface area contributed by atoms with Crippen molar-refractivity contribution in [1.82, 2.24) is 9.97 Å². The van der Waals surface area contributed by atoms with Crippen molar-refractivity contribution < 1.29 is 19.4 Å². The molecule has 1 unspecified atom stereocenters. The van der Waals surface area contributed by atoms with E-state index in [-0.39, 0.29) is 0 Å². The van der Waals surface area contributed by atoms with Crippen molar-refractivity contribution in [1.29, 1.82) is 0 Å². The standard InChI is InChI=1S/C11H17N3O4/c1-17-5-3-4-8(11(15)16)14-9-6-10(18-2)13-7-12-9/h6-8H,3-5H2,1-2H3,(H,15,16)(H,12,13,14). The largest absolute Gasteiger partial charge is 0.481 e. The average Bonchev–Trinajstić information content (AvgIpc) is 2.38. The average molecular weight is 255 g/mol. The van der Waals surface area contributed by atoms with Crippen LogP contribution in [0.4, 0.5) is 5.82 Å². The van der Waals surface area contributed by atoms with E-state index in [1.54, 1.807) is 13.2 Å². The van der Waals surface area contributed by atoms with Gasteiger partial charge >= 0.3 is 5.97 Å². The Balaban J connectivity index is 2.61. The van der Waals surface area contributed by atoms with Crippen molar-refractivity contribution in [3.63, 3.8) is 0 Å². The quantitative estimate of drug-likeness (QED) is 0.663. The fourth-order valence-corrected chi connectivity index (χ4v) is 1.40. The van der Waals surface area contributed by atoms with Crippen LogP contribution in [0.15, 0.2) is 12.4 Å². The Kier molecular flexibility index (Phi) is 5.86. The van der Waals surface area contributed by atoms with E-state index >= 15 is 0 Å². The van der Waals surface area contributed by atoms with Gasteiger partial charge in [0, 0.05) is 19.8 Å². The van der Waals surface area contributed by atoms with Crippen LogP contribution in [0.3, 0.4) is 0 Å².